The minimum absolute atomic E-state index is 0.0444. The first kappa shape index (κ1) is 19.1. The van der Waals surface area contributed by atoms with Gasteiger partial charge in [0, 0.05) is 35.4 Å². The lowest BCUT2D eigenvalue weighted by Gasteiger charge is -2.34. The van der Waals surface area contributed by atoms with Gasteiger partial charge in [0.05, 0.1) is 17.1 Å². The molecule has 0 bridgehead atoms. The number of nitrogens with one attached hydrogen (secondary N) is 1. The molecule has 0 aromatic heterocycles. The van der Waals surface area contributed by atoms with Crippen molar-refractivity contribution in [3.63, 3.8) is 0 Å². The average Bonchev–Trinajstić information content (AvgIpc) is 2.64. The Morgan fingerprint density at radius 1 is 1.00 bits per heavy atom. The van der Waals surface area contributed by atoms with Gasteiger partial charge in [-0.2, -0.15) is 0 Å². The smallest absolute Gasteiger partial charge is 0.255 e. The highest BCUT2D eigenvalue weighted by molar-refractivity contribution is 14.1. The van der Waals surface area contributed by atoms with Gasteiger partial charge in [-0.25, -0.2) is 0 Å². The van der Waals surface area contributed by atoms with Gasteiger partial charge in [-0.1, -0.05) is 23.7 Å². The number of halogens is 2. The van der Waals surface area contributed by atoms with Crippen molar-refractivity contribution >= 4 is 51.7 Å². The molecule has 0 radical (unpaired) electrons. The van der Waals surface area contributed by atoms with Crippen molar-refractivity contribution in [2.24, 2.45) is 0 Å². The quantitative estimate of drug-likeness (QED) is 0.679. The van der Waals surface area contributed by atoms with Crippen LogP contribution in [0.15, 0.2) is 48.5 Å². The summed E-state index contributed by atoms with van der Waals surface area (Å²) in [6, 6.07) is 14.8. The molecule has 5 nitrogen and oxygen atoms in total. The van der Waals surface area contributed by atoms with Crippen LogP contribution in [0, 0.1) is 3.57 Å². The molecule has 136 valence electrons. The van der Waals surface area contributed by atoms with Crippen LogP contribution in [-0.4, -0.2) is 54.3 Å². The number of carbonyl (C=O) groups excluding carboxylic acids is 2. The van der Waals surface area contributed by atoms with E-state index in [1.54, 1.807) is 17.0 Å². The fourth-order valence-corrected chi connectivity index (χ4v) is 3.43. The molecule has 1 fully saturated rings. The fourth-order valence-electron chi connectivity index (χ4n) is 2.85. The zero-order chi connectivity index (χ0) is 18.5. The first-order valence-electron chi connectivity index (χ1n) is 8.34. The third-order valence-electron chi connectivity index (χ3n) is 4.26. The van der Waals surface area contributed by atoms with Crippen molar-refractivity contribution in [1.29, 1.82) is 0 Å². The summed E-state index contributed by atoms with van der Waals surface area (Å²) in [7, 11) is 0. The number of carbonyl (C=O) groups is 2. The molecule has 1 saturated heterocycles. The standard InChI is InChI=1S/C19H19ClIN3O2/c20-17-4-2-1-3-16(17)19(26)24-11-9-23(10-12-24)13-18(25)22-15-7-5-14(21)6-8-15/h1-8H,9-13H2,(H,22,25). The van der Waals surface area contributed by atoms with Crippen LogP contribution in [0.4, 0.5) is 5.69 Å². The molecule has 1 heterocycles. The maximum atomic E-state index is 12.6. The van der Waals surface area contributed by atoms with Crippen LogP contribution in [0.5, 0.6) is 0 Å². The van der Waals surface area contributed by atoms with E-state index < -0.39 is 0 Å². The molecule has 3 rings (SSSR count). The van der Waals surface area contributed by atoms with E-state index in [1.807, 2.05) is 36.4 Å². The van der Waals surface area contributed by atoms with Gasteiger partial charge < -0.3 is 10.2 Å². The normalized spacial score (nSPS) is 14.9. The number of anilines is 1. The largest absolute Gasteiger partial charge is 0.336 e. The summed E-state index contributed by atoms with van der Waals surface area (Å²) < 4.78 is 1.12. The van der Waals surface area contributed by atoms with Crippen LogP contribution in [0.3, 0.4) is 0 Å². The topological polar surface area (TPSA) is 52.7 Å². The molecule has 0 aliphatic carbocycles. The highest BCUT2D eigenvalue weighted by Gasteiger charge is 2.24. The van der Waals surface area contributed by atoms with Crippen LogP contribution in [0.2, 0.25) is 5.02 Å². The Hall–Kier alpha value is -1.64. The predicted molar refractivity (Wildman–Crippen MR) is 112 cm³/mol. The van der Waals surface area contributed by atoms with Gasteiger partial charge in [0.2, 0.25) is 5.91 Å². The summed E-state index contributed by atoms with van der Waals surface area (Å²) in [6.07, 6.45) is 0. The average molecular weight is 484 g/mol. The van der Waals surface area contributed by atoms with Gasteiger partial charge in [0.15, 0.2) is 0 Å². The second-order valence-corrected chi connectivity index (χ2v) is 7.76. The monoisotopic (exact) mass is 483 g/mol. The third kappa shape index (κ3) is 4.96. The number of hydrogen-bond donors (Lipinski definition) is 1. The lowest BCUT2D eigenvalue weighted by atomic mass is 10.2. The lowest BCUT2D eigenvalue weighted by Crippen LogP contribution is -2.50. The highest BCUT2D eigenvalue weighted by Crippen LogP contribution is 2.18. The molecule has 0 unspecified atom stereocenters. The molecule has 2 amide bonds. The van der Waals surface area contributed by atoms with Gasteiger partial charge in [-0.3, -0.25) is 14.5 Å². The van der Waals surface area contributed by atoms with Crippen molar-refractivity contribution in [3.8, 4) is 0 Å². The Kier molecular flexibility index (Phi) is 6.50. The van der Waals surface area contributed by atoms with Crippen LogP contribution >= 0.6 is 34.2 Å². The van der Waals surface area contributed by atoms with E-state index in [0.29, 0.717) is 43.3 Å². The Morgan fingerprint density at radius 2 is 1.65 bits per heavy atom. The summed E-state index contributed by atoms with van der Waals surface area (Å²) >= 11 is 8.34. The first-order chi connectivity index (χ1) is 12.5. The number of hydrogen-bond acceptors (Lipinski definition) is 3. The first-order valence-corrected chi connectivity index (χ1v) is 9.80. The summed E-state index contributed by atoms with van der Waals surface area (Å²) in [5, 5.41) is 3.37. The van der Waals surface area contributed by atoms with Gasteiger partial charge >= 0.3 is 0 Å². The lowest BCUT2D eigenvalue weighted by molar-refractivity contribution is -0.117. The SMILES string of the molecule is O=C(CN1CCN(C(=O)c2ccccc2Cl)CC1)Nc1ccc(I)cc1. The molecule has 0 atom stereocenters. The van der Waals surface area contributed by atoms with Crippen molar-refractivity contribution in [2.45, 2.75) is 0 Å². The Bertz CT molecular complexity index is 790. The highest BCUT2D eigenvalue weighted by atomic mass is 127. The van der Waals surface area contributed by atoms with Gasteiger partial charge in [0.1, 0.15) is 0 Å². The molecule has 26 heavy (non-hydrogen) atoms. The molecule has 2 aromatic rings. The second kappa shape index (κ2) is 8.83. The Morgan fingerprint density at radius 3 is 2.31 bits per heavy atom. The minimum atomic E-state index is -0.0569. The molecular formula is C19H19ClIN3O2. The van der Waals surface area contributed by atoms with Gasteiger partial charge in [-0.15, -0.1) is 0 Å². The van der Waals surface area contributed by atoms with E-state index in [9.17, 15) is 9.59 Å². The van der Waals surface area contributed by atoms with E-state index in [1.165, 1.54) is 0 Å². The van der Waals surface area contributed by atoms with Crippen LogP contribution in [0.1, 0.15) is 10.4 Å². The van der Waals surface area contributed by atoms with Crippen LogP contribution in [0.25, 0.3) is 0 Å². The number of piperazine rings is 1. The summed E-state index contributed by atoms with van der Waals surface area (Å²) in [5.41, 5.74) is 1.32. The maximum Gasteiger partial charge on any atom is 0.255 e. The Balaban J connectivity index is 1.49. The molecular weight excluding hydrogens is 465 g/mol. The summed E-state index contributed by atoms with van der Waals surface area (Å²) in [6.45, 7) is 2.81. The molecule has 7 heteroatoms. The summed E-state index contributed by atoms with van der Waals surface area (Å²) in [5.74, 6) is -0.101. The number of rotatable bonds is 4. The molecule has 1 aliphatic rings. The third-order valence-corrected chi connectivity index (χ3v) is 5.31. The van der Waals surface area contributed by atoms with E-state index in [4.69, 9.17) is 11.6 Å². The van der Waals surface area contributed by atoms with Gasteiger partial charge in [0.25, 0.3) is 5.91 Å². The van der Waals surface area contributed by atoms with Crippen LogP contribution < -0.4 is 5.32 Å². The molecule has 1 aliphatic heterocycles. The van der Waals surface area contributed by atoms with E-state index in [0.717, 1.165) is 9.26 Å². The number of amides is 2. The van der Waals surface area contributed by atoms with Gasteiger partial charge in [-0.05, 0) is 59.0 Å². The van der Waals surface area contributed by atoms with Crippen molar-refractivity contribution in [2.75, 3.05) is 38.0 Å². The van der Waals surface area contributed by atoms with E-state index in [2.05, 4.69) is 32.8 Å². The molecule has 2 aromatic carbocycles. The second-order valence-electron chi connectivity index (χ2n) is 6.10. The fraction of sp³-hybridized carbons (Fsp3) is 0.263. The predicted octanol–water partition coefficient (Wildman–Crippen LogP) is 3.34. The zero-order valence-corrected chi connectivity index (χ0v) is 17.0. The van der Waals surface area contributed by atoms with Crippen LogP contribution in [-0.2, 0) is 4.79 Å². The molecule has 1 N–H and O–H groups in total. The van der Waals surface area contributed by atoms with Crippen molar-refractivity contribution in [3.05, 3.63) is 62.7 Å². The summed E-state index contributed by atoms with van der Waals surface area (Å²) in [4.78, 5) is 28.6. The van der Waals surface area contributed by atoms with E-state index >= 15 is 0 Å². The Labute approximate surface area is 171 Å². The molecule has 0 spiro atoms. The number of nitrogens with zero attached hydrogens (tertiary/aromatic N) is 2. The van der Waals surface area contributed by atoms with E-state index in [-0.39, 0.29) is 11.8 Å². The zero-order valence-electron chi connectivity index (χ0n) is 14.1. The minimum Gasteiger partial charge on any atom is -0.336 e. The maximum absolute atomic E-state index is 12.6. The number of benzene rings is 2. The van der Waals surface area contributed by atoms with Crippen molar-refractivity contribution < 1.29 is 9.59 Å². The van der Waals surface area contributed by atoms with Crippen molar-refractivity contribution in [1.82, 2.24) is 9.80 Å². The molecule has 0 saturated carbocycles.